The van der Waals surface area contributed by atoms with Crippen LogP contribution in [0.2, 0.25) is 0 Å². The average Bonchev–Trinajstić information content (AvgIpc) is 2.49. The minimum Gasteiger partial charge on any atom is -0.375 e. The van der Waals surface area contributed by atoms with Crippen LogP contribution in [0.4, 0.5) is 0 Å². The summed E-state index contributed by atoms with van der Waals surface area (Å²) in [6, 6.07) is 8.74. The predicted octanol–water partition coefficient (Wildman–Crippen LogP) is 3.65. The first-order valence-electron chi connectivity index (χ1n) is 8.56. The summed E-state index contributed by atoms with van der Waals surface area (Å²) >= 11 is 0. The third kappa shape index (κ3) is 6.07. The van der Waals surface area contributed by atoms with Crippen molar-refractivity contribution in [3.8, 4) is 0 Å². The molecule has 1 unspecified atom stereocenters. The van der Waals surface area contributed by atoms with E-state index in [0.29, 0.717) is 12.7 Å². The predicted molar refractivity (Wildman–Crippen MR) is 91.1 cm³/mol. The van der Waals surface area contributed by atoms with E-state index in [1.165, 1.54) is 11.1 Å². The van der Waals surface area contributed by atoms with E-state index >= 15 is 0 Å². The lowest BCUT2D eigenvalue weighted by Gasteiger charge is -2.31. The Balaban J connectivity index is 1.75. The standard InChI is InChI=1S/C19H31NO2/c1-15(2)21-14-18-7-5-17(6-8-18)13-16(3)22-19-9-11-20(4)12-10-19/h5-8,15-16,19H,9-14H2,1-4H3. The Labute approximate surface area is 135 Å². The quantitative estimate of drug-likeness (QED) is 0.767. The summed E-state index contributed by atoms with van der Waals surface area (Å²) in [6.07, 6.45) is 4.30. The molecule has 0 saturated carbocycles. The molecule has 3 nitrogen and oxygen atoms in total. The molecule has 0 bridgehead atoms. The van der Waals surface area contributed by atoms with E-state index in [0.717, 1.165) is 32.4 Å². The summed E-state index contributed by atoms with van der Waals surface area (Å²) in [6.45, 7) is 9.32. The lowest BCUT2D eigenvalue weighted by atomic mass is 10.1. The molecule has 2 rings (SSSR count). The second-order valence-electron chi connectivity index (χ2n) is 6.83. The van der Waals surface area contributed by atoms with Crippen LogP contribution in [0.5, 0.6) is 0 Å². The van der Waals surface area contributed by atoms with Gasteiger partial charge in [0, 0.05) is 13.1 Å². The van der Waals surface area contributed by atoms with Gasteiger partial charge < -0.3 is 14.4 Å². The normalized spacial score (nSPS) is 18.8. The molecule has 1 aromatic rings. The Morgan fingerprint density at radius 2 is 1.64 bits per heavy atom. The number of likely N-dealkylation sites (tertiary alicyclic amines) is 1. The Morgan fingerprint density at radius 3 is 2.23 bits per heavy atom. The molecule has 0 amide bonds. The van der Waals surface area contributed by atoms with Gasteiger partial charge in [0.1, 0.15) is 0 Å². The third-order valence-corrected chi connectivity index (χ3v) is 4.22. The summed E-state index contributed by atoms with van der Waals surface area (Å²) < 4.78 is 11.8. The Kier molecular flexibility index (Phi) is 6.87. The molecule has 0 spiro atoms. The fourth-order valence-corrected chi connectivity index (χ4v) is 2.86. The van der Waals surface area contributed by atoms with Crippen LogP contribution >= 0.6 is 0 Å². The topological polar surface area (TPSA) is 21.7 Å². The number of ether oxygens (including phenoxy) is 2. The molecule has 0 N–H and O–H groups in total. The Morgan fingerprint density at radius 1 is 1.05 bits per heavy atom. The van der Waals surface area contributed by atoms with Crippen molar-refractivity contribution in [2.45, 2.75) is 65.0 Å². The molecular formula is C19H31NO2. The Hall–Kier alpha value is -0.900. The molecule has 124 valence electrons. The maximum absolute atomic E-state index is 6.20. The lowest BCUT2D eigenvalue weighted by molar-refractivity contribution is -0.0308. The van der Waals surface area contributed by atoms with Crippen LogP contribution < -0.4 is 0 Å². The molecule has 1 saturated heterocycles. The zero-order valence-corrected chi connectivity index (χ0v) is 14.5. The molecular weight excluding hydrogens is 274 g/mol. The number of nitrogens with zero attached hydrogens (tertiary/aromatic N) is 1. The van der Waals surface area contributed by atoms with Gasteiger partial charge in [0.2, 0.25) is 0 Å². The van der Waals surface area contributed by atoms with Gasteiger partial charge in [-0.25, -0.2) is 0 Å². The van der Waals surface area contributed by atoms with Gasteiger partial charge in [-0.2, -0.15) is 0 Å². The van der Waals surface area contributed by atoms with Gasteiger partial charge in [0.25, 0.3) is 0 Å². The largest absolute Gasteiger partial charge is 0.375 e. The molecule has 0 radical (unpaired) electrons. The van der Waals surface area contributed by atoms with Crippen molar-refractivity contribution in [3.63, 3.8) is 0 Å². The highest BCUT2D eigenvalue weighted by Gasteiger charge is 2.19. The maximum atomic E-state index is 6.20. The maximum Gasteiger partial charge on any atom is 0.0720 e. The third-order valence-electron chi connectivity index (χ3n) is 4.22. The summed E-state index contributed by atoms with van der Waals surface area (Å²) in [4.78, 5) is 2.38. The van der Waals surface area contributed by atoms with E-state index in [2.05, 4.69) is 57.0 Å². The number of benzene rings is 1. The molecule has 1 aliphatic rings. The van der Waals surface area contributed by atoms with Crippen LogP contribution in [0.15, 0.2) is 24.3 Å². The summed E-state index contributed by atoms with van der Waals surface area (Å²) in [7, 11) is 2.18. The van der Waals surface area contributed by atoms with Crippen LogP contribution in [0, 0.1) is 0 Å². The van der Waals surface area contributed by atoms with E-state index < -0.39 is 0 Å². The van der Waals surface area contributed by atoms with E-state index in [1.807, 2.05) is 0 Å². The SMILES string of the molecule is CC(C)OCc1ccc(CC(C)OC2CCN(C)CC2)cc1. The second-order valence-corrected chi connectivity index (χ2v) is 6.83. The monoisotopic (exact) mass is 305 g/mol. The number of hydrogen-bond acceptors (Lipinski definition) is 3. The first-order valence-corrected chi connectivity index (χ1v) is 8.56. The van der Waals surface area contributed by atoms with Gasteiger partial charge in [0.05, 0.1) is 24.9 Å². The molecule has 1 fully saturated rings. The van der Waals surface area contributed by atoms with Gasteiger partial charge in [-0.3, -0.25) is 0 Å². The van der Waals surface area contributed by atoms with Crippen molar-refractivity contribution < 1.29 is 9.47 Å². The summed E-state index contributed by atoms with van der Waals surface area (Å²) in [5, 5.41) is 0. The molecule has 0 aliphatic carbocycles. The highest BCUT2D eigenvalue weighted by molar-refractivity contribution is 5.22. The van der Waals surface area contributed by atoms with E-state index in [9.17, 15) is 0 Å². The van der Waals surface area contributed by atoms with E-state index in [4.69, 9.17) is 9.47 Å². The van der Waals surface area contributed by atoms with Crippen molar-refractivity contribution in [3.05, 3.63) is 35.4 Å². The fourth-order valence-electron chi connectivity index (χ4n) is 2.86. The van der Waals surface area contributed by atoms with Crippen LogP contribution in [0.3, 0.4) is 0 Å². The zero-order chi connectivity index (χ0) is 15.9. The minimum absolute atomic E-state index is 0.280. The van der Waals surface area contributed by atoms with Gasteiger partial charge >= 0.3 is 0 Å². The van der Waals surface area contributed by atoms with Crippen LogP contribution in [0.25, 0.3) is 0 Å². The molecule has 1 atom stereocenters. The van der Waals surface area contributed by atoms with Crippen molar-refractivity contribution in [1.82, 2.24) is 4.90 Å². The zero-order valence-electron chi connectivity index (χ0n) is 14.5. The Bertz CT molecular complexity index is 422. The molecule has 22 heavy (non-hydrogen) atoms. The molecule has 3 heteroatoms. The van der Waals surface area contributed by atoms with Gasteiger partial charge in [-0.1, -0.05) is 24.3 Å². The van der Waals surface area contributed by atoms with E-state index in [1.54, 1.807) is 0 Å². The van der Waals surface area contributed by atoms with Crippen LogP contribution in [0.1, 0.15) is 44.7 Å². The summed E-state index contributed by atoms with van der Waals surface area (Å²) in [5.41, 5.74) is 2.58. The molecule has 1 aliphatic heterocycles. The average molecular weight is 305 g/mol. The van der Waals surface area contributed by atoms with Gasteiger partial charge in [-0.05, 0) is 58.2 Å². The fraction of sp³-hybridized carbons (Fsp3) is 0.684. The number of piperidine rings is 1. The first-order chi connectivity index (χ1) is 10.5. The van der Waals surface area contributed by atoms with Gasteiger partial charge in [-0.15, -0.1) is 0 Å². The molecule has 1 aromatic carbocycles. The summed E-state index contributed by atoms with van der Waals surface area (Å²) in [5.74, 6) is 0. The van der Waals surface area contributed by atoms with Crippen molar-refractivity contribution in [1.29, 1.82) is 0 Å². The first kappa shape index (κ1) is 17.5. The van der Waals surface area contributed by atoms with Crippen LogP contribution in [-0.2, 0) is 22.5 Å². The van der Waals surface area contributed by atoms with Crippen molar-refractivity contribution >= 4 is 0 Å². The highest BCUT2D eigenvalue weighted by atomic mass is 16.5. The molecule has 0 aromatic heterocycles. The molecule has 1 heterocycles. The van der Waals surface area contributed by atoms with E-state index in [-0.39, 0.29) is 12.2 Å². The van der Waals surface area contributed by atoms with Crippen molar-refractivity contribution in [2.75, 3.05) is 20.1 Å². The number of hydrogen-bond donors (Lipinski definition) is 0. The second kappa shape index (κ2) is 8.66. The van der Waals surface area contributed by atoms with Crippen molar-refractivity contribution in [2.24, 2.45) is 0 Å². The smallest absolute Gasteiger partial charge is 0.0720 e. The number of rotatable bonds is 7. The lowest BCUT2D eigenvalue weighted by Crippen LogP contribution is -2.36. The van der Waals surface area contributed by atoms with Crippen LogP contribution in [-0.4, -0.2) is 43.3 Å². The highest BCUT2D eigenvalue weighted by Crippen LogP contribution is 2.17. The minimum atomic E-state index is 0.280. The van der Waals surface area contributed by atoms with Gasteiger partial charge in [0.15, 0.2) is 0 Å².